The number of imidazole rings is 1. The van der Waals surface area contributed by atoms with Crippen LogP contribution in [0.3, 0.4) is 0 Å². The Bertz CT molecular complexity index is 760. The number of ether oxygens (including phenoxy) is 1. The molecule has 1 fully saturated rings. The molecule has 0 aromatic carbocycles. The number of fused-ring (bicyclic) bond motifs is 1. The van der Waals surface area contributed by atoms with Crippen LogP contribution in [0.1, 0.15) is 6.42 Å². The molecular weight excluding hydrogens is 301 g/mol. The van der Waals surface area contributed by atoms with E-state index in [0.717, 1.165) is 0 Å². The Labute approximate surface area is 118 Å². The fraction of sp³-hybridized carbons (Fsp3) is 0.500. The fourth-order valence-electron chi connectivity index (χ4n) is 2.37. The van der Waals surface area contributed by atoms with Crippen LogP contribution in [0.5, 0.6) is 0 Å². The normalized spacial score (nSPS) is 29.4. The van der Waals surface area contributed by atoms with Crippen LogP contribution in [0.15, 0.2) is 11.1 Å². The number of nitrogens with zero attached hydrogens (tertiary/aromatic N) is 3. The van der Waals surface area contributed by atoms with Crippen LogP contribution in [0.2, 0.25) is 0 Å². The molecule has 3 atom stereocenters. The van der Waals surface area contributed by atoms with E-state index in [1.807, 2.05) is 0 Å². The summed E-state index contributed by atoms with van der Waals surface area (Å²) in [7, 11) is -0.466. The molecule has 5 N–H and O–H groups in total. The molecule has 0 bridgehead atoms. The van der Waals surface area contributed by atoms with Crippen LogP contribution in [0.25, 0.3) is 11.2 Å². The van der Waals surface area contributed by atoms with Crippen molar-refractivity contribution in [1.82, 2.24) is 19.5 Å². The van der Waals surface area contributed by atoms with Crippen molar-refractivity contribution in [2.45, 2.75) is 24.1 Å². The van der Waals surface area contributed by atoms with E-state index >= 15 is 0 Å². The number of nitrogen functional groups attached to an aromatic ring is 1. The van der Waals surface area contributed by atoms with Gasteiger partial charge in [0.05, 0.1) is 12.7 Å². The van der Waals surface area contributed by atoms with Gasteiger partial charge in [-0.3, -0.25) is 18.9 Å². The molecule has 11 heteroatoms. The van der Waals surface area contributed by atoms with Gasteiger partial charge in [-0.15, -0.1) is 0 Å². The number of aliphatic hydroxyl groups is 2. The Balaban J connectivity index is 2.19. The maximum atomic E-state index is 11.7. The Morgan fingerprint density at radius 1 is 1.67 bits per heavy atom. The monoisotopic (exact) mass is 313 g/mol. The van der Waals surface area contributed by atoms with Gasteiger partial charge in [-0.25, -0.2) is 4.98 Å². The number of aliphatic hydroxyl groups excluding tert-OH is 2. The summed E-state index contributed by atoms with van der Waals surface area (Å²) in [5, 5.41) is 19.0. The van der Waals surface area contributed by atoms with Crippen LogP contribution < -0.4 is 11.3 Å². The predicted molar refractivity (Wildman–Crippen MR) is 70.7 cm³/mol. The van der Waals surface area contributed by atoms with Crippen molar-refractivity contribution in [3.8, 4) is 0 Å². The zero-order valence-corrected chi connectivity index (χ0v) is 11.5. The number of aromatic amines is 1. The fourth-order valence-corrected chi connectivity index (χ4v) is 3.05. The number of nitrogens with one attached hydrogen (secondary N) is 1. The number of H-pyrrole nitrogens is 1. The first-order chi connectivity index (χ1) is 10.0. The minimum Gasteiger partial charge on any atom is -0.394 e. The molecule has 2 aromatic rings. The van der Waals surface area contributed by atoms with E-state index in [2.05, 4.69) is 15.0 Å². The second-order valence-electron chi connectivity index (χ2n) is 4.68. The number of hydrogen-bond acceptors (Lipinski definition) is 8. The summed E-state index contributed by atoms with van der Waals surface area (Å²) in [4.78, 5) is 21.9. The highest BCUT2D eigenvalue weighted by atomic mass is 31.1. The van der Waals surface area contributed by atoms with Crippen LogP contribution in [-0.2, 0) is 14.8 Å². The van der Waals surface area contributed by atoms with E-state index in [9.17, 15) is 14.5 Å². The van der Waals surface area contributed by atoms with Crippen molar-refractivity contribution >= 4 is 25.6 Å². The number of aromatic nitrogens is 4. The van der Waals surface area contributed by atoms with Crippen LogP contribution in [0, 0.1) is 0 Å². The lowest BCUT2D eigenvalue weighted by Crippen LogP contribution is -2.29. The molecule has 3 rings (SSSR count). The lowest BCUT2D eigenvalue weighted by atomic mass is 10.2. The highest BCUT2D eigenvalue weighted by molar-refractivity contribution is 7.24. The van der Waals surface area contributed by atoms with Gasteiger partial charge in [0.15, 0.2) is 11.2 Å². The van der Waals surface area contributed by atoms with Crippen molar-refractivity contribution in [1.29, 1.82) is 0 Å². The van der Waals surface area contributed by atoms with E-state index in [1.54, 1.807) is 0 Å². The summed E-state index contributed by atoms with van der Waals surface area (Å²) in [5.41, 5.74) is 3.57. The summed E-state index contributed by atoms with van der Waals surface area (Å²) in [6.45, 7) is -0.429. The quantitative estimate of drug-likeness (QED) is 0.512. The lowest BCUT2D eigenvalue weighted by molar-refractivity contribution is -0.0642. The minimum absolute atomic E-state index is 0.0118. The van der Waals surface area contributed by atoms with Gasteiger partial charge < -0.3 is 20.7 Å². The number of anilines is 1. The van der Waals surface area contributed by atoms with Crippen LogP contribution in [-0.4, -0.2) is 48.5 Å². The average Bonchev–Trinajstić information content (AvgIpc) is 3.00. The number of hydrogen-bond donors (Lipinski definition) is 4. The molecular formula is C10H12N5O5P. The van der Waals surface area contributed by atoms with Crippen molar-refractivity contribution in [2.75, 3.05) is 12.3 Å². The van der Waals surface area contributed by atoms with Gasteiger partial charge in [-0.1, -0.05) is 0 Å². The third-order valence-electron chi connectivity index (χ3n) is 3.37. The van der Waals surface area contributed by atoms with Crippen molar-refractivity contribution in [3.63, 3.8) is 0 Å². The molecule has 2 aromatic heterocycles. The molecule has 0 aliphatic carbocycles. The highest BCUT2D eigenvalue weighted by Crippen LogP contribution is 2.44. The molecule has 0 spiro atoms. The lowest BCUT2D eigenvalue weighted by Gasteiger charge is -2.23. The van der Waals surface area contributed by atoms with Gasteiger partial charge in [0.25, 0.3) is 5.56 Å². The molecule has 0 saturated carbocycles. The molecule has 3 heterocycles. The standard InChI is InChI=1S/C10H12N5O5P/c11-9-13-7-6(8(18)14-9)12-3-15(7)10(21-19)1-4(17)5(2-16)20-10/h3-5,16-17H,1-2H2,(H3,11,13,14,18)/t4-,5+,10-/m0/s1. The molecule has 0 radical (unpaired) electrons. The van der Waals surface area contributed by atoms with E-state index in [0.29, 0.717) is 0 Å². The summed E-state index contributed by atoms with van der Waals surface area (Å²) in [6.07, 6.45) is -0.705. The Morgan fingerprint density at radius 3 is 3.05 bits per heavy atom. The third kappa shape index (κ3) is 2.04. The first-order valence-electron chi connectivity index (χ1n) is 6.05. The van der Waals surface area contributed by atoms with Gasteiger partial charge in [0.1, 0.15) is 12.4 Å². The molecule has 0 amide bonds. The van der Waals surface area contributed by atoms with Gasteiger partial charge in [-0.2, -0.15) is 4.98 Å². The van der Waals surface area contributed by atoms with Crippen LogP contribution in [0.4, 0.5) is 5.95 Å². The second-order valence-corrected chi connectivity index (χ2v) is 5.56. The van der Waals surface area contributed by atoms with Crippen molar-refractivity contribution in [3.05, 3.63) is 16.7 Å². The van der Waals surface area contributed by atoms with Crippen molar-refractivity contribution < 1.29 is 19.5 Å². The average molecular weight is 313 g/mol. The van der Waals surface area contributed by atoms with E-state index in [4.69, 9.17) is 15.6 Å². The largest absolute Gasteiger partial charge is 0.394 e. The van der Waals surface area contributed by atoms with E-state index in [1.165, 1.54) is 10.9 Å². The van der Waals surface area contributed by atoms with Crippen molar-refractivity contribution in [2.24, 2.45) is 0 Å². The predicted octanol–water partition coefficient (Wildman–Crippen LogP) is -1.25. The molecule has 10 nitrogen and oxygen atoms in total. The number of rotatable bonds is 3. The summed E-state index contributed by atoms with van der Waals surface area (Å²) >= 11 is 0. The smallest absolute Gasteiger partial charge is 0.280 e. The molecule has 1 saturated heterocycles. The number of nitrogens with two attached hydrogens (primary N) is 1. The minimum atomic E-state index is -1.49. The topological polar surface area (TPSA) is 156 Å². The molecule has 112 valence electrons. The first kappa shape index (κ1) is 14.1. The van der Waals surface area contributed by atoms with E-state index in [-0.39, 0.29) is 23.5 Å². The van der Waals surface area contributed by atoms with Gasteiger partial charge in [0.2, 0.25) is 19.9 Å². The van der Waals surface area contributed by atoms with E-state index < -0.39 is 38.3 Å². The van der Waals surface area contributed by atoms with Crippen LogP contribution >= 0.6 is 8.46 Å². The first-order valence-corrected chi connectivity index (χ1v) is 6.86. The summed E-state index contributed by atoms with van der Waals surface area (Å²) < 4.78 is 18.4. The van der Waals surface area contributed by atoms with Gasteiger partial charge >= 0.3 is 0 Å². The summed E-state index contributed by atoms with van der Waals surface area (Å²) in [5.74, 6) is -0.121. The Hall–Kier alpha value is -1.87. The van der Waals surface area contributed by atoms with Gasteiger partial charge in [-0.05, 0) is 0 Å². The third-order valence-corrected chi connectivity index (χ3v) is 4.16. The summed E-state index contributed by atoms with van der Waals surface area (Å²) in [6, 6.07) is 0. The zero-order chi connectivity index (χ0) is 15.2. The SMILES string of the molecule is Nc1nc2c(ncn2[C@@]2(P=O)C[C@H](O)[C@@H](CO)O2)c(=O)[nH]1. The van der Waals surface area contributed by atoms with Gasteiger partial charge in [0, 0.05) is 6.42 Å². The highest BCUT2D eigenvalue weighted by Gasteiger charge is 2.49. The molecule has 1 aliphatic rings. The molecule has 0 unspecified atom stereocenters. The maximum absolute atomic E-state index is 11.7. The Morgan fingerprint density at radius 2 is 2.43 bits per heavy atom. The maximum Gasteiger partial charge on any atom is 0.280 e. The second kappa shape index (κ2) is 4.85. The molecule has 21 heavy (non-hydrogen) atoms. The Kier molecular flexibility index (Phi) is 3.25. The molecule has 1 aliphatic heterocycles. The zero-order valence-electron chi connectivity index (χ0n) is 10.6.